The monoisotopic (exact) mass is 552 g/mol. The van der Waals surface area contributed by atoms with Gasteiger partial charge in [0.2, 0.25) is 5.91 Å². The fourth-order valence-electron chi connectivity index (χ4n) is 3.45. The van der Waals surface area contributed by atoms with Crippen molar-refractivity contribution in [3.63, 3.8) is 0 Å². The van der Waals surface area contributed by atoms with Gasteiger partial charge in [0, 0.05) is 45.3 Å². The number of phenolic OH excluding ortho intramolecular Hbond substituents is 1. The van der Waals surface area contributed by atoms with Crippen LogP contribution in [-0.4, -0.2) is 67.6 Å². The molecule has 0 aliphatic carbocycles. The van der Waals surface area contributed by atoms with Gasteiger partial charge in [-0.15, -0.1) is 24.0 Å². The summed E-state index contributed by atoms with van der Waals surface area (Å²) in [7, 11) is 1.75. The molecule has 0 spiro atoms. The van der Waals surface area contributed by atoms with Crippen LogP contribution in [0.15, 0.2) is 53.5 Å². The van der Waals surface area contributed by atoms with Gasteiger partial charge in [-0.25, -0.2) is 0 Å². The number of hydrogen-bond donors (Lipinski definition) is 4. The summed E-state index contributed by atoms with van der Waals surface area (Å²) in [6.45, 7) is 3.52. The SMILES string of the molecule is CN=C(NCc1ccc(C(=O)NCC(N)=O)cc1)N1CCN(c2ccccc2O)CC1.I. The maximum absolute atomic E-state index is 11.9. The Balaban J connectivity index is 0.00000363. The summed E-state index contributed by atoms with van der Waals surface area (Å²) in [6.07, 6.45) is 0. The second-order valence-electron chi connectivity index (χ2n) is 7.21. The molecule has 1 heterocycles. The van der Waals surface area contributed by atoms with E-state index in [1.807, 2.05) is 30.3 Å². The van der Waals surface area contributed by atoms with Gasteiger partial charge < -0.3 is 31.3 Å². The highest BCUT2D eigenvalue weighted by Crippen LogP contribution is 2.27. The number of phenols is 1. The predicted octanol–water partition coefficient (Wildman–Crippen LogP) is 1.12. The average Bonchev–Trinajstić information content (AvgIpc) is 2.79. The molecule has 10 heteroatoms. The fraction of sp³-hybridized carbons (Fsp3) is 0.318. The largest absolute Gasteiger partial charge is 0.506 e. The third kappa shape index (κ3) is 6.74. The molecule has 32 heavy (non-hydrogen) atoms. The summed E-state index contributed by atoms with van der Waals surface area (Å²) in [4.78, 5) is 31.5. The maximum Gasteiger partial charge on any atom is 0.251 e. The van der Waals surface area contributed by atoms with Crippen LogP contribution in [-0.2, 0) is 11.3 Å². The Morgan fingerprint density at radius 3 is 2.28 bits per heavy atom. The molecule has 5 N–H and O–H groups in total. The number of nitrogens with two attached hydrogens (primary N) is 1. The first kappa shape index (κ1) is 25.2. The van der Waals surface area contributed by atoms with E-state index in [0.717, 1.165) is 43.4 Å². The second kappa shape index (κ2) is 12.1. The summed E-state index contributed by atoms with van der Waals surface area (Å²) in [6, 6.07) is 14.5. The number of guanidine groups is 1. The Morgan fingerprint density at radius 2 is 1.69 bits per heavy atom. The minimum Gasteiger partial charge on any atom is -0.506 e. The first-order valence-electron chi connectivity index (χ1n) is 10.1. The minimum atomic E-state index is -0.582. The molecule has 0 saturated carbocycles. The van der Waals surface area contributed by atoms with Crippen molar-refractivity contribution in [1.82, 2.24) is 15.5 Å². The number of amides is 2. The van der Waals surface area contributed by atoms with Crippen LogP contribution in [0.5, 0.6) is 5.75 Å². The molecule has 0 radical (unpaired) electrons. The van der Waals surface area contributed by atoms with Crippen LogP contribution in [0.1, 0.15) is 15.9 Å². The lowest BCUT2D eigenvalue weighted by Crippen LogP contribution is -2.52. The third-order valence-corrected chi connectivity index (χ3v) is 5.10. The summed E-state index contributed by atoms with van der Waals surface area (Å²) >= 11 is 0. The third-order valence-electron chi connectivity index (χ3n) is 5.10. The highest BCUT2D eigenvalue weighted by Gasteiger charge is 2.21. The summed E-state index contributed by atoms with van der Waals surface area (Å²) in [5, 5.41) is 15.9. The number of aliphatic imine (C=N–C) groups is 1. The van der Waals surface area contributed by atoms with Crippen LogP contribution in [0.2, 0.25) is 0 Å². The van der Waals surface area contributed by atoms with Crippen LogP contribution in [0.25, 0.3) is 0 Å². The Morgan fingerprint density at radius 1 is 1.03 bits per heavy atom. The van der Waals surface area contributed by atoms with E-state index in [9.17, 15) is 14.7 Å². The Labute approximate surface area is 204 Å². The highest BCUT2D eigenvalue weighted by molar-refractivity contribution is 14.0. The number of nitrogens with zero attached hydrogens (tertiary/aromatic N) is 3. The lowest BCUT2D eigenvalue weighted by Gasteiger charge is -2.37. The molecule has 3 rings (SSSR count). The molecule has 172 valence electrons. The number of primary amides is 1. The number of carbonyl (C=O) groups excluding carboxylic acids is 2. The molecule has 0 atom stereocenters. The molecule has 9 nitrogen and oxygen atoms in total. The molecule has 0 bridgehead atoms. The Kier molecular flexibility index (Phi) is 9.57. The van der Waals surface area contributed by atoms with Crippen molar-refractivity contribution in [2.75, 3.05) is 44.7 Å². The lowest BCUT2D eigenvalue weighted by molar-refractivity contribution is -0.117. The van der Waals surface area contributed by atoms with Gasteiger partial charge in [0.1, 0.15) is 5.75 Å². The van der Waals surface area contributed by atoms with Gasteiger partial charge in [-0.2, -0.15) is 0 Å². The fourth-order valence-corrected chi connectivity index (χ4v) is 3.45. The van der Waals surface area contributed by atoms with Gasteiger partial charge in [-0.1, -0.05) is 24.3 Å². The molecular weight excluding hydrogens is 523 g/mol. The zero-order valence-corrected chi connectivity index (χ0v) is 20.3. The Bertz CT molecular complexity index is 943. The number of nitrogens with one attached hydrogen (secondary N) is 2. The summed E-state index contributed by atoms with van der Waals surface area (Å²) in [5.74, 6) is 0.184. The average molecular weight is 552 g/mol. The van der Waals surface area contributed by atoms with Gasteiger partial charge in [0.15, 0.2) is 5.96 Å². The van der Waals surface area contributed by atoms with Crippen molar-refractivity contribution < 1.29 is 14.7 Å². The van der Waals surface area contributed by atoms with Crippen LogP contribution in [0.4, 0.5) is 5.69 Å². The summed E-state index contributed by atoms with van der Waals surface area (Å²) < 4.78 is 0. The molecule has 2 amide bonds. The van der Waals surface area contributed by atoms with Gasteiger partial charge in [-0.05, 0) is 29.8 Å². The smallest absolute Gasteiger partial charge is 0.251 e. The molecule has 0 aromatic heterocycles. The van der Waals surface area contributed by atoms with Crippen LogP contribution in [0, 0.1) is 0 Å². The van der Waals surface area contributed by atoms with Crippen LogP contribution < -0.4 is 21.3 Å². The molecule has 2 aromatic carbocycles. The molecule has 1 saturated heterocycles. The molecule has 2 aromatic rings. The molecule has 1 aliphatic heterocycles. The first-order valence-corrected chi connectivity index (χ1v) is 10.1. The molecule has 1 aliphatic rings. The summed E-state index contributed by atoms with van der Waals surface area (Å²) in [5.41, 5.74) is 7.36. The van der Waals surface area contributed by atoms with Crippen molar-refractivity contribution in [1.29, 1.82) is 0 Å². The van der Waals surface area contributed by atoms with Crippen molar-refractivity contribution in [3.05, 3.63) is 59.7 Å². The molecule has 0 unspecified atom stereocenters. The Hall–Kier alpha value is -3.02. The van der Waals surface area contributed by atoms with E-state index in [1.165, 1.54) is 0 Å². The van der Waals surface area contributed by atoms with Gasteiger partial charge in [0.25, 0.3) is 5.91 Å². The van der Waals surface area contributed by atoms with E-state index in [0.29, 0.717) is 17.9 Å². The standard InChI is InChI=1S/C22H28N6O3.HI/c1-24-22(28-12-10-27(11-13-28)18-4-2-3-5-19(18)29)26-14-16-6-8-17(9-7-16)21(31)25-15-20(23)30;/h2-9,29H,10-15H2,1H3,(H2,23,30)(H,24,26)(H,25,31);1H. The van der Waals surface area contributed by atoms with Gasteiger partial charge in [0.05, 0.1) is 12.2 Å². The van der Waals surface area contributed by atoms with E-state index in [2.05, 4.69) is 25.4 Å². The van der Waals surface area contributed by atoms with E-state index in [-0.39, 0.29) is 36.4 Å². The number of carbonyl (C=O) groups is 2. The number of rotatable bonds is 6. The second-order valence-corrected chi connectivity index (χ2v) is 7.21. The van der Waals surface area contributed by atoms with Crippen LogP contribution >= 0.6 is 24.0 Å². The maximum atomic E-state index is 11.9. The normalized spacial score (nSPS) is 13.8. The number of piperazine rings is 1. The number of hydrogen-bond acceptors (Lipinski definition) is 5. The topological polar surface area (TPSA) is 123 Å². The quantitative estimate of drug-likeness (QED) is 0.242. The number of anilines is 1. The lowest BCUT2D eigenvalue weighted by atomic mass is 10.1. The van der Waals surface area contributed by atoms with Crippen molar-refractivity contribution >= 4 is 47.4 Å². The van der Waals surface area contributed by atoms with Crippen molar-refractivity contribution in [3.8, 4) is 5.75 Å². The number of halogens is 1. The van der Waals surface area contributed by atoms with Gasteiger partial charge >= 0.3 is 0 Å². The van der Waals surface area contributed by atoms with E-state index in [4.69, 9.17) is 5.73 Å². The minimum absolute atomic E-state index is 0. The predicted molar refractivity (Wildman–Crippen MR) is 135 cm³/mol. The van der Waals surface area contributed by atoms with Gasteiger partial charge in [-0.3, -0.25) is 14.6 Å². The number of aromatic hydroxyl groups is 1. The first-order chi connectivity index (χ1) is 15.0. The zero-order valence-electron chi connectivity index (χ0n) is 18.0. The van der Waals surface area contributed by atoms with E-state index >= 15 is 0 Å². The number of benzene rings is 2. The van der Waals surface area contributed by atoms with E-state index < -0.39 is 5.91 Å². The molecular formula is C22H29IN6O3. The van der Waals surface area contributed by atoms with E-state index in [1.54, 1.807) is 25.2 Å². The van der Waals surface area contributed by atoms with Crippen LogP contribution in [0.3, 0.4) is 0 Å². The zero-order chi connectivity index (χ0) is 22.2. The van der Waals surface area contributed by atoms with Crippen molar-refractivity contribution in [2.45, 2.75) is 6.54 Å². The van der Waals surface area contributed by atoms with Crippen molar-refractivity contribution in [2.24, 2.45) is 10.7 Å². The number of para-hydroxylation sites is 2. The molecule has 1 fully saturated rings. The highest BCUT2D eigenvalue weighted by atomic mass is 127.